The van der Waals surface area contributed by atoms with Crippen molar-refractivity contribution < 1.29 is 9.59 Å². The van der Waals surface area contributed by atoms with Gasteiger partial charge in [-0.3, -0.25) is 14.5 Å². The molecule has 166 valence electrons. The van der Waals surface area contributed by atoms with Gasteiger partial charge in [0.25, 0.3) is 0 Å². The van der Waals surface area contributed by atoms with Crippen molar-refractivity contribution >= 4 is 28.8 Å². The number of amides is 1. The molecule has 1 heterocycles. The Balaban J connectivity index is 1.74. The third kappa shape index (κ3) is 3.60. The van der Waals surface area contributed by atoms with Crippen LogP contribution in [-0.2, 0) is 9.59 Å². The number of nitrogens with one attached hydrogen (secondary N) is 1. The summed E-state index contributed by atoms with van der Waals surface area (Å²) in [6.45, 7) is 4.28. The predicted molar refractivity (Wildman–Crippen MR) is 129 cm³/mol. The number of ketones is 1. The van der Waals surface area contributed by atoms with E-state index in [1.54, 1.807) is 0 Å². The summed E-state index contributed by atoms with van der Waals surface area (Å²) in [5.41, 5.74) is 5.39. The lowest BCUT2D eigenvalue weighted by molar-refractivity contribution is -0.120. The molecule has 0 bridgehead atoms. The maximum absolute atomic E-state index is 13.7. The quantitative estimate of drug-likeness (QED) is 0.719. The number of hydrogen-bond acceptors (Lipinski definition) is 4. The van der Waals surface area contributed by atoms with E-state index < -0.39 is 6.04 Å². The molecule has 1 amide bonds. The summed E-state index contributed by atoms with van der Waals surface area (Å²) in [5, 5.41) is 3.58. The van der Waals surface area contributed by atoms with Crippen LogP contribution in [0.15, 0.2) is 59.8 Å². The molecule has 3 aliphatic rings. The molecule has 1 aliphatic heterocycles. The van der Waals surface area contributed by atoms with Gasteiger partial charge in [-0.15, -0.1) is 0 Å². The molecule has 2 aliphatic carbocycles. The Bertz CT molecular complexity index is 1110. The normalized spacial score (nSPS) is 21.9. The second kappa shape index (κ2) is 7.51. The lowest BCUT2D eigenvalue weighted by atomic mass is 9.73. The zero-order chi connectivity index (χ0) is 22.6. The number of nitrogens with zero attached hydrogens (tertiary/aromatic N) is 2. The van der Waals surface area contributed by atoms with Gasteiger partial charge in [-0.25, -0.2) is 0 Å². The molecule has 0 aromatic heterocycles. The van der Waals surface area contributed by atoms with Crippen molar-refractivity contribution in [2.24, 2.45) is 11.3 Å². The minimum atomic E-state index is -0.422. The molecular formula is C27H31N3O2. The number of carbonyl (C=O) groups excluding carboxylic acids is 2. The first-order valence-corrected chi connectivity index (χ1v) is 11.5. The Hall–Kier alpha value is -3.08. The van der Waals surface area contributed by atoms with E-state index in [0.717, 1.165) is 53.2 Å². The van der Waals surface area contributed by atoms with Gasteiger partial charge in [-0.2, -0.15) is 0 Å². The summed E-state index contributed by atoms with van der Waals surface area (Å²) in [4.78, 5) is 31.3. The Morgan fingerprint density at radius 3 is 2.38 bits per heavy atom. The molecule has 5 heteroatoms. The van der Waals surface area contributed by atoms with Gasteiger partial charge in [0.2, 0.25) is 5.91 Å². The summed E-state index contributed by atoms with van der Waals surface area (Å²) >= 11 is 0. The highest BCUT2D eigenvalue weighted by atomic mass is 16.2. The minimum Gasteiger partial charge on any atom is -0.378 e. The fraction of sp³-hybridized carbons (Fsp3) is 0.407. The van der Waals surface area contributed by atoms with Crippen LogP contribution in [0.4, 0.5) is 17.1 Å². The largest absolute Gasteiger partial charge is 0.378 e. The molecule has 1 N–H and O–H groups in total. The molecule has 0 radical (unpaired) electrons. The summed E-state index contributed by atoms with van der Waals surface area (Å²) in [5.74, 6) is 0.294. The van der Waals surface area contributed by atoms with Crippen LogP contribution in [0.2, 0.25) is 0 Å². The highest BCUT2D eigenvalue weighted by molar-refractivity contribution is 6.07. The van der Waals surface area contributed by atoms with E-state index in [9.17, 15) is 9.59 Å². The first kappa shape index (κ1) is 20.8. The van der Waals surface area contributed by atoms with Crippen LogP contribution in [0, 0.1) is 11.3 Å². The number of para-hydroxylation sites is 2. The molecule has 1 saturated carbocycles. The maximum atomic E-state index is 13.7. The van der Waals surface area contributed by atoms with Crippen LogP contribution in [0.1, 0.15) is 51.1 Å². The SMILES string of the molecule is CN(C)c1ccc([C@H]2C3=C(CC(C)(C)CC3=O)Nc3ccccc3N2C(=O)C2CC2)cc1. The molecule has 2 aromatic carbocycles. The standard InChI is InChI=1S/C27H31N3O2/c1-27(2)15-21-24(23(31)16-27)25(17-11-13-19(14-12-17)29(3)4)30(26(32)18-9-10-18)22-8-6-5-7-20(22)28-21/h5-8,11-14,18,25,28H,9-10,15-16H2,1-4H3/t25-/m0/s1. The van der Waals surface area contributed by atoms with Gasteiger partial charge < -0.3 is 10.2 Å². The molecule has 5 rings (SSSR count). The van der Waals surface area contributed by atoms with E-state index in [2.05, 4.69) is 48.3 Å². The van der Waals surface area contributed by atoms with Crippen molar-refractivity contribution in [2.75, 3.05) is 29.2 Å². The zero-order valence-corrected chi connectivity index (χ0v) is 19.3. The topological polar surface area (TPSA) is 52.7 Å². The molecule has 0 spiro atoms. The molecule has 32 heavy (non-hydrogen) atoms. The van der Waals surface area contributed by atoms with Crippen LogP contribution in [0.5, 0.6) is 0 Å². The third-order valence-corrected chi connectivity index (χ3v) is 6.79. The fourth-order valence-corrected chi connectivity index (χ4v) is 5.03. The van der Waals surface area contributed by atoms with Crippen LogP contribution >= 0.6 is 0 Å². The number of hydrogen-bond donors (Lipinski definition) is 1. The summed E-state index contributed by atoms with van der Waals surface area (Å²) in [7, 11) is 4.02. The number of Topliss-reactive ketones (excluding diaryl/α,β-unsaturated/α-hetero) is 1. The third-order valence-electron chi connectivity index (χ3n) is 6.79. The Kier molecular flexibility index (Phi) is 4.88. The Morgan fingerprint density at radius 1 is 1.03 bits per heavy atom. The fourth-order valence-electron chi connectivity index (χ4n) is 5.03. The monoisotopic (exact) mass is 429 g/mol. The van der Waals surface area contributed by atoms with Crippen molar-refractivity contribution in [3.05, 3.63) is 65.4 Å². The second-order valence-electron chi connectivity index (χ2n) is 10.3. The molecule has 1 atom stereocenters. The maximum Gasteiger partial charge on any atom is 0.231 e. The van der Waals surface area contributed by atoms with Gasteiger partial charge in [0.15, 0.2) is 5.78 Å². The summed E-state index contributed by atoms with van der Waals surface area (Å²) in [6, 6.07) is 15.8. The molecule has 5 nitrogen and oxygen atoms in total. The van der Waals surface area contributed by atoms with Crippen molar-refractivity contribution in [1.29, 1.82) is 0 Å². The average molecular weight is 430 g/mol. The first-order valence-electron chi connectivity index (χ1n) is 11.5. The van der Waals surface area contributed by atoms with E-state index in [4.69, 9.17) is 0 Å². The van der Waals surface area contributed by atoms with E-state index in [-0.39, 0.29) is 23.0 Å². The average Bonchev–Trinajstić information content (AvgIpc) is 3.58. The van der Waals surface area contributed by atoms with E-state index in [1.807, 2.05) is 43.3 Å². The van der Waals surface area contributed by atoms with Gasteiger partial charge in [0, 0.05) is 43.4 Å². The van der Waals surface area contributed by atoms with Crippen molar-refractivity contribution in [3.8, 4) is 0 Å². The number of carbonyl (C=O) groups is 2. The van der Waals surface area contributed by atoms with Gasteiger partial charge in [0.1, 0.15) is 0 Å². The van der Waals surface area contributed by atoms with Crippen molar-refractivity contribution in [2.45, 2.75) is 45.6 Å². The smallest absolute Gasteiger partial charge is 0.231 e. The molecule has 2 aromatic rings. The van der Waals surface area contributed by atoms with Crippen molar-refractivity contribution in [1.82, 2.24) is 0 Å². The second-order valence-corrected chi connectivity index (χ2v) is 10.3. The highest BCUT2D eigenvalue weighted by Gasteiger charge is 2.45. The lowest BCUT2D eigenvalue weighted by Crippen LogP contribution is -2.40. The first-order chi connectivity index (χ1) is 15.2. The number of rotatable bonds is 3. The Labute approximate surface area is 190 Å². The summed E-state index contributed by atoms with van der Waals surface area (Å²) in [6.07, 6.45) is 3.11. The molecule has 1 fully saturated rings. The van der Waals surface area contributed by atoms with Crippen molar-refractivity contribution in [3.63, 3.8) is 0 Å². The van der Waals surface area contributed by atoms with Crippen LogP contribution in [0.3, 0.4) is 0 Å². The minimum absolute atomic E-state index is 0.0453. The zero-order valence-electron chi connectivity index (χ0n) is 19.3. The van der Waals surface area contributed by atoms with Gasteiger partial charge in [0.05, 0.1) is 17.4 Å². The number of benzene rings is 2. The van der Waals surface area contributed by atoms with Crippen LogP contribution in [0.25, 0.3) is 0 Å². The number of fused-ring (bicyclic) bond motifs is 1. The van der Waals surface area contributed by atoms with Gasteiger partial charge >= 0.3 is 0 Å². The van der Waals surface area contributed by atoms with Crippen LogP contribution < -0.4 is 15.1 Å². The molecule has 0 unspecified atom stereocenters. The van der Waals surface area contributed by atoms with E-state index in [1.165, 1.54) is 0 Å². The highest BCUT2D eigenvalue weighted by Crippen LogP contribution is 2.49. The van der Waals surface area contributed by atoms with E-state index >= 15 is 0 Å². The van der Waals surface area contributed by atoms with E-state index in [0.29, 0.717) is 6.42 Å². The van der Waals surface area contributed by atoms with Gasteiger partial charge in [-0.1, -0.05) is 38.1 Å². The lowest BCUT2D eigenvalue weighted by Gasteiger charge is -2.37. The molecular weight excluding hydrogens is 398 g/mol. The number of anilines is 3. The molecule has 0 saturated heterocycles. The Morgan fingerprint density at radius 2 is 1.72 bits per heavy atom. The van der Waals surface area contributed by atoms with Crippen LogP contribution in [-0.4, -0.2) is 25.8 Å². The number of allylic oxidation sites excluding steroid dienone is 1. The van der Waals surface area contributed by atoms with Gasteiger partial charge in [-0.05, 0) is 54.5 Å². The predicted octanol–water partition coefficient (Wildman–Crippen LogP) is 5.31. The summed E-state index contributed by atoms with van der Waals surface area (Å²) < 4.78 is 0.